The standard InChI is InChI=1S/C19H21N3O3S/c1-11-17(23)20-14-9-13(7-8-16(14)25-11)15-10-26-19(21-15)22-18(24)12-5-3-2-4-6-12/h7-12H,2-6H2,1H3,(H,20,23)(H,21,22,24). The number of ether oxygens (including phenoxy) is 1. The van der Waals surface area contributed by atoms with Gasteiger partial charge in [0.25, 0.3) is 5.91 Å². The largest absolute Gasteiger partial charge is 0.479 e. The highest BCUT2D eigenvalue weighted by Crippen LogP contribution is 2.35. The number of thiazole rings is 1. The number of benzene rings is 1. The number of aromatic nitrogens is 1. The number of rotatable bonds is 3. The average molecular weight is 371 g/mol. The molecule has 1 atom stereocenters. The van der Waals surface area contributed by atoms with Gasteiger partial charge in [0.05, 0.1) is 11.4 Å². The Balaban J connectivity index is 1.48. The lowest BCUT2D eigenvalue weighted by Gasteiger charge is -2.23. The number of nitrogens with one attached hydrogen (secondary N) is 2. The van der Waals surface area contributed by atoms with E-state index < -0.39 is 6.10 Å². The first-order chi connectivity index (χ1) is 12.6. The normalized spacial score (nSPS) is 20.0. The van der Waals surface area contributed by atoms with Crippen molar-refractivity contribution in [3.63, 3.8) is 0 Å². The minimum Gasteiger partial charge on any atom is -0.479 e. The fraction of sp³-hybridized carbons (Fsp3) is 0.421. The Hall–Kier alpha value is -2.41. The molecule has 26 heavy (non-hydrogen) atoms. The van der Waals surface area contributed by atoms with Crippen molar-refractivity contribution in [3.05, 3.63) is 23.6 Å². The number of carbonyl (C=O) groups excluding carboxylic acids is 2. The van der Waals surface area contributed by atoms with Gasteiger partial charge in [0.15, 0.2) is 11.2 Å². The summed E-state index contributed by atoms with van der Waals surface area (Å²) in [5.74, 6) is 0.676. The molecule has 2 heterocycles. The molecule has 1 aromatic carbocycles. The number of hydrogen-bond acceptors (Lipinski definition) is 5. The van der Waals surface area contributed by atoms with Gasteiger partial charge in [-0.05, 0) is 38.0 Å². The third-order valence-electron chi connectivity index (χ3n) is 4.92. The zero-order chi connectivity index (χ0) is 18.1. The molecule has 136 valence electrons. The van der Waals surface area contributed by atoms with Crippen LogP contribution in [0, 0.1) is 5.92 Å². The average Bonchev–Trinajstić information content (AvgIpc) is 3.11. The third-order valence-corrected chi connectivity index (χ3v) is 5.67. The number of fused-ring (bicyclic) bond motifs is 1. The van der Waals surface area contributed by atoms with Gasteiger partial charge in [-0.25, -0.2) is 4.98 Å². The lowest BCUT2D eigenvalue weighted by Crippen LogP contribution is -2.34. The lowest BCUT2D eigenvalue weighted by molar-refractivity contribution is -0.123. The summed E-state index contributed by atoms with van der Waals surface area (Å²) in [5, 5.41) is 8.32. The maximum atomic E-state index is 12.4. The van der Waals surface area contributed by atoms with Crippen molar-refractivity contribution in [1.82, 2.24) is 4.98 Å². The molecule has 2 amide bonds. The van der Waals surface area contributed by atoms with E-state index in [1.807, 2.05) is 23.6 Å². The number of hydrogen-bond donors (Lipinski definition) is 2. The molecular formula is C19H21N3O3S. The number of nitrogens with zero attached hydrogens (tertiary/aromatic N) is 1. The van der Waals surface area contributed by atoms with E-state index >= 15 is 0 Å². The predicted octanol–water partition coefficient (Wildman–Crippen LogP) is 4.05. The molecule has 7 heteroatoms. The molecule has 0 bridgehead atoms. The molecule has 1 aliphatic heterocycles. The maximum absolute atomic E-state index is 12.4. The summed E-state index contributed by atoms with van der Waals surface area (Å²) in [6.07, 6.45) is 4.92. The van der Waals surface area contributed by atoms with Crippen molar-refractivity contribution in [2.45, 2.75) is 45.1 Å². The molecule has 4 rings (SSSR count). The summed E-state index contributed by atoms with van der Waals surface area (Å²) in [6.45, 7) is 1.72. The summed E-state index contributed by atoms with van der Waals surface area (Å²) in [6, 6.07) is 5.59. The van der Waals surface area contributed by atoms with E-state index in [-0.39, 0.29) is 17.7 Å². The Kier molecular flexibility index (Phi) is 4.63. The van der Waals surface area contributed by atoms with E-state index in [2.05, 4.69) is 15.6 Å². The smallest absolute Gasteiger partial charge is 0.265 e. The second-order valence-corrected chi connectivity index (χ2v) is 7.68. The molecule has 0 spiro atoms. The molecule has 0 radical (unpaired) electrons. The van der Waals surface area contributed by atoms with E-state index in [1.54, 1.807) is 6.92 Å². The Morgan fingerprint density at radius 3 is 2.92 bits per heavy atom. The van der Waals surface area contributed by atoms with Gasteiger partial charge in [-0.2, -0.15) is 0 Å². The first-order valence-corrected chi connectivity index (χ1v) is 9.86. The summed E-state index contributed by atoms with van der Waals surface area (Å²) in [4.78, 5) is 28.7. The molecule has 1 fully saturated rings. The van der Waals surface area contributed by atoms with Crippen LogP contribution in [0.1, 0.15) is 39.0 Å². The summed E-state index contributed by atoms with van der Waals surface area (Å²) in [7, 11) is 0. The number of carbonyl (C=O) groups is 2. The van der Waals surface area contributed by atoms with Crippen LogP contribution < -0.4 is 15.4 Å². The molecule has 2 aliphatic rings. The highest BCUT2D eigenvalue weighted by molar-refractivity contribution is 7.14. The molecule has 1 aliphatic carbocycles. The fourth-order valence-electron chi connectivity index (χ4n) is 3.40. The van der Waals surface area contributed by atoms with Crippen molar-refractivity contribution in [2.75, 3.05) is 10.6 Å². The first-order valence-electron chi connectivity index (χ1n) is 8.98. The summed E-state index contributed by atoms with van der Waals surface area (Å²) < 4.78 is 5.57. The molecule has 6 nitrogen and oxygen atoms in total. The van der Waals surface area contributed by atoms with Crippen molar-refractivity contribution < 1.29 is 14.3 Å². The quantitative estimate of drug-likeness (QED) is 0.853. The zero-order valence-electron chi connectivity index (χ0n) is 14.6. The van der Waals surface area contributed by atoms with Gasteiger partial charge in [0, 0.05) is 16.9 Å². The monoisotopic (exact) mass is 371 g/mol. The minimum absolute atomic E-state index is 0.0747. The van der Waals surface area contributed by atoms with Gasteiger partial charge >= 0.3 is 0 Å². The molecule has 1 saturated carbocycles. The van der Waals surface area contributed by atoms with E-state index in [0.29, 0.717) is 16.6 Å². The van der Waals surface area contributed by atoms with Crippen molar-refractivity contribution in [2.24, 2.45) is 5.92 Å². The van der Waals surface area contributed by atoms with Crippen LogP contribution in [-0.4, -0.2) is 22.9 Å². The van der Waals surface area contributed by atoms with E-state index in [4.69, 9.17) is 4.74 Å². The van der Waals surface area contributed by atoms with E-state index in [1.165, 1.54) is 17.8 Å². The summed E-state index contributed by atoms with van der Waals surface area (Å²) >= 11 is 1.41. The number of anilines is 2. The van der Waals surface area contributed by atoms with Crippen LogP contribution in [0.3, 0.4) is 0 Å². The van der Waals surface area contributed by atoms with Crippen LogP contribution in [0.4, 0.5) is 10.8 Å². The predicted molar refractivity (Wildman–Crippen MR) is 101 cm³/mol. The van der Waals surface area contributed by atoms with Crippen LogP contribution in [0.25, 0.3) is 11.3 Å². The van der Waals surface area contributed by atoms with Crippen LogP contribution in [0.5, 0.6) is 5.75 Å². The van der Waals surface area contributed by atoms with Crippen LogP contribution >= 0.6 is 11.3 Å². The lowest BCUT2D eigenvalue weighted by atomic mass is 9.89. The third kappa shape index (κ3) is 3.44. The van der Waals surface area contributed by atoms with Crippen molar-refractivity contribution in [3.8, 4) is 17.0 Å². The SMILES string of the molecule is CC1Oc2ccc(-c3csc(NC(=O)C4CCCCC4)n3)cc2NC1=O. The highest BCUT2D eigenvalue weighted by Gasteiger charge is 2.24. The fourth-order valence-corrected chi connectivity index (χ4v) is 4.13. The molecule has 1 aromatic heterocycles. The molecular weight excluding hydrogens is 350 g/mol. The van der Waals surface area contributed by atoms with Gasteiger partial charge in [0.1, 0.15) is 5.75 Å². The molecule has 2 aromatic rings. The Morgan fingerprint density at radius 2 is 2.12 bits per heavy atom. The second kappa shape index (κ2) is 7.07. The van der Waals surface area contributed by atoms with E-state index in [9.17, 15) is 9.59 Å². The number of amides is 2. The minimum atomic E-state index is -0.491. The van der Waals surface area contributed by atoms with Gasteiger partial charge < -0.3 is 15.4 Å². The zero-order valence-corrected chi connectivity index (χ0v) is 15.4. The Labute approximate surface area is 156 Å². The van der Waals surface area contributed by atoms with Gasteiger partial charge in [-0.3, -0.25) is 9.59 Å². The van der Waals surface area contributed by atoms with Crippen LogP contribution in [0.15, 0.2) is 23.6 Å². The van der Waals surface area contributed by atoms with Gasteiger partial charge in [-0.1, -0.05) is 19.3 Å². The van der Waals surface area contributed by atoms with E-state index in [0.717, 1.165) is 36.9 Å². The Morgan fingerprint density at radius 1 is 1.31 bits per heavy atom. The van der Waals surface area contributed by atoms with Crippen molar-refractivity contribution >= 4 is 34.0 Å². The highest BCUT2D eigenvalue weighted by atomic mass is 32.1. The second-order valence-electron chi connectivity index (χ2n) is 6.82. The van der Waals surface area contributed by atoms with Gasteiger partial charge in [-0.15, -0.1) is 11.3 Å². The molecule has 1 unspecified atom stereocenters. The summed E-state index contributed by atoms with van der Waals surface area (Å²) in [5.41, 5.74) is 2.28. The van der Waals surface area contributed by atoms with Crippen molar-refractivity contribution in [1.29, 1.82) is 0 Å². The molecule has 0 saturated heterocycles. The molecule has 2 N–H and O–H groups in total. The maximum Gasteiger partial charge on any atom is 0.265 e. The van der Waals surface area contributed by atoms with Gasteiger partial charge in [0.2, 0.25) is 5.91 Å². The van der Waals surface area contributed by atoms with Crippen LogP contribution in [-0.2, 0) is 9.59 Å². The Bertz CT molecular complexity index is 842. The first kappa shape index (κ1) is 17.0. The van der Waals surface area contributed by atoms with Crippen LogP contribution in [0.2, 0.25) is 0 Å². The topological polar surface area (TPSA) is 80.3 Å².